The summed E-state index contributed by atoms with van der Waals surface area (Å²) < 4.78 is 42.7. The predicted octanol–water partition coefficient (Wildman–Crippen LogP) is 4.41. The van der Waals surface area contributed by atoms with E-state index >= 15 is 0 Å². The second kappa shape index (κ2) is 7.47. The van der Waals surface area contributed by atoms with E-state index in [9.17, 15) is 13.2 Å². The van der Waals surface area contributed by atoms with Crippen LogP contribution in [0.1, 0.15) is 5.69 Å². The highest BCUT2D eigenvalue weighted by Crippen LogP contribution is 2.29. The Hall–Kier alpha value is -3.14. The largest absolute Gasteiger partial charge is 0.573 e. The van der Waals surface area contributed by atoms with E-state index in [2.05, 4.69) is 25.1 Å². The molecule has 3 heterocycles. The van der Waals surface area contributed by atoms with Crippen LogP contribution in [-0.4, -0.2) is 32.5 Å². The Bertz CT molecular complexity index is 1050. The van der Waals surface area contributed by atoms with Gasteiger partial charge in [0.1, 0.15) is 5.75 Å². The fourth-order valence-corrected chi connectivity index (χ4v) is 3.41. The number of imidazole rings is 1. The molecular weight excluding hydrogens is 391 g/mol. The number of nitrogens with one attached hydrogen (secondary N) is 1. The minimum absolute atomic E-state index is 0.286. The molecule has 1 aromatic carbocycles. The summed E-state index contributed by atoms with van der Waals surface area (Å²) in [5.41, 5.74) is 2.02. The normalized spacial score (nSPS) is 11.7. The van der Waals surface area contributed by atoms with Gasteiger partial charge in [0, 0.05) is 30.4 Å². The Labute approximate surface area is 161 Å². The zero-order valence-corrected chi connectivity index (χ0v) is 15.2. The van der Waals surface area contributed by atoms with Crippen LogP contribution in [0.25, 0.3) is 16.2 Å². The molecule has 28 heavy (non-hydrogen) atoms. The summed E-state index contributed by atoms with van der Waals surface area (Å²) >= 11 is 1.36. The number of nitrogens with zero attached hydrogens (tertiary/aromatic N) is 4. The summed E-state index contributed by atoms with van der Waals surface area (Å²) in [5, 5.41) is 8.33. The van der Waals surface area contributed by atoms with Crippen molar-refractivity contribution in [2.24, 2.45) is 0 Å². The van der Waals surface area contributed by atoms with Gasteiger partial charge >= 0.3 is 6.36 Å². The molecule has 0 saturated carbocycles. The lowest BCUT2D eigenvalue weighted by atomic mass is 10.1. The molecule has 0 amide bonds. The van der Waals surface area contributed by atoms with Gasteiger partial charge in [0.2, 0.25) is 10.1 Å². The third-order valence-corrected chi connectivity index (χ3v) is 4.67. The molecule has 0 saturated heterocycles. The molecule has 0 bridgehead atoms. The lowest BCUT2D eigenvalue weighted by molar-refractivity contribution is -0.274. The Kier molecular flexibility index (Phi) is 4.86. The van der Waals surface area contributed by atoms with Crippen LogP contribution in [0.3, 0.4) is 0 Å². The molecule has 0 aliphatic carbocycles. The first-order valence-electron chi connectivity index (χ1n) is 8.32. The van der Waals surface area contributed by atoms with Gasteiger partial charge in [0.15, 0.2) is 0 Å². The van der Waals surface area contributed by atoms with Gasteiger partial charge in [-0.15, -0.1) is 18.3 Å². The molecule has 0 radical (unpaired) electrons. The van der Waals surface area contributed by atoms with Gasteiger partial charge < -0.3 is 10.1 Å². The van der Waals surface area contributed by atoms with Crippen molar-refractivity contribution in [2.45, 2.75) is 12.8 Å². The third-order valence-electron chi connectivity index (χ3n) is 3.79. The summed E-state index contributed by atoms with van der Waals surface area (Å²) in [7, 11) is 0. The van der Waals surface area contributed by atoms with Crippen LogP contribution < -0.4 is 10.1 Å². The maximum absolute atomic E-state index is 12.4. The molecule has 4 rings (SSSR count). The van der Waals surface area contributed by atoms with Crippen LogP contribution in [0.2, 0.25) is 0 Å². The van der Waals surface area contributed by atoms with Crippen molar-refractivity contribution >= 4 is 21.4 Å². The molecule has 0 spiro atoms. The van der Waals surface area contributed by atoms with Crippen molar-refractivity contribution in [3.8, 4) is 17.0 Å². The monoisotopic (exact) mass is 405 g/mol. The maximum atomic E-state index is 12.4. The highest BCUT2D eigenvalue weighted by atomic mass is 32.1. The number of fused-ring (bicyclic) bond motifs is 1. The zero-order valence-electron chi connectivity index (χ0n) is 14.3. The average Bonchev–Trinajstić information content (AvgIpc) is 3.20. The van der Waals surface area contributed by atoms with Crippen molar-refractivity contribution in [1.29, 1.82) is 0 Å². The molecule has 10 heteroatoms. The maximum Gasteiger partial charge on any atom is 0.573 e. The van der Waals surface area contributed by atoms with Gasteiger partial charge in [-0.1, -0.05) is 29.5 Å². The van der Waals surface area contributed by atoms with E-state index in [0.29, 0.717) is 27.9 Å². The SMILES string of the molecule is FC(F)(F)Oc1cccc(-c2cn3nc(NCCc4ccccn4)sc3n2)c1. The van der Waals surface area contributed by atoms with Crippen LogP contribution in [0.5, 0.6) is 5.75 Å². The molecule has 0 aliphatic heterocycles. The second-order valence-corrected chi connectivity index (χ2v) is 6.79. The minimum Gasteiger partial charge on any atom is -0.406 e. The summed E-state index contributed by atoms with van der Waals surface area (Å²) in [6.45, 7) is 0.678. The van der Waals surface area contributed by atoms with Gasteiger partial charge in [-0.05, 0) is 24.3 Å². The third kappa shape index (κ3) is 4.39. The molecule has 0 unspecified atom stereocenters. The minimum atomic E-state index is -4.73. The highest BCUT2D eigenvalue weighted by molar-refractivity contribution is 7.20. The number of hydrogen-bond donors (Lipinski definition) is 1. The molecular formula is C18H14F3N5OS. The fraction of sp³-hybridized carbons (Fsp3) is 0.167. The van der Waals surface area contributed by atoms with Crippen LogP contribution in [-0.2, 0) is 6.42 Å². The van der Waals surface area contributed by atoms with E-state index in [1.54, 1.807) is 23.0 Å². The quantitative estimate of drug-likeness (QED) is 0.515. The van der Waals surface area contributed by atoms with E-state index in [1.165, 1.54) is 29.5 Å². The first-order valence-corrected chi connectivity index (χ1v) is 9.14. The van der Waals surface area contributed by atoms with E-state index < -0.39 is 6.36 Å². The number of pyridine rings is 1. The van der Waals surface area contributed by atoms with Gasteiger partial charge in [0.05, 0.1) is 11.9 Å². The molecule has 4 aromatic rings. The zero-order chi connectivity index (χ0) is 19.6. The Morgan fingerprint density at radius 2 is 2.04 bits per heavy atom. The molecule has 6 nitrogen and oxygen atoms in total. The molecule has 144 valence electrons. The topological polar surface area (TPSA) is 64.3 Å². The number of halogens is 3. The van der Waals surface area contributed by atoms with E-state index in [-0.39, 0.29) is 5.75 Å². The van der Waals surface area contributed by atoms with Crippen molar-refractivity contribution in [2.75, 3.05) is 11.9 Å². The number of rotatable bonds is 6. The molecule has 3 aromatic heterocycles. The highest BCUT2D eigenvalue weighted by Gasteiger charge is 2.31. The summed E-state index contributed by atoms with van der Waals surface area (Å²) in [5.74, 6) is -0.286. The van der Waals surface area contributed by atoms with Crippen LogP contribution in [0, 0.1) is 0 Å². The van der Waals surface area contributed by atoms with E-state index in [1.807, 2.05) is 18.2 Å². The Morgan fingerprint density at radius 1 is 1.14 bits per heavy atom. The first-order chi connectivity index (χ1) is 13.5. The molecule has 1 N–H and O–H groups in total. The number of hydrogen-bond acceptors (Lipinski definition) is 6. The summed E-state index contributed by atoms with van der Waals surface area (Å²) in [6.07, 6.45) is -0.546. The smallest absolute Gasteiger partial charge is 0.406 e. The van der Waals surface area contributed by atoms with Gasteiger partial charge in [-0.2, -0.15) is 0 Å². The lowest BCUT2D eigenvalue weighted by Crippen LogP contribution is -2.17. The van der Waals surface area contributed by atoms with Gasteiger partial charge in [0.25, 0.3) is 0 Å². The average molecular weight is 405 g/mol. The number of alkyl halides is 3. The van der Waals surface area contributed by atoms with Crippen molar-refractivity contribution in [3.63, 3.8) is 0 Å². The number of aromatic nitrogens is 4. The Balaban J connectivity index is 1.45. The van der Waals surface area contributed by atoms with Crippen molar-refractivity contribution in [3.05, 3.63) is 60.6 Å². The summed E-state index contributed by atoms with van der Waals surface area (Å²) in [6, 6.07) is 11.5. The van der Waals surface area contributed by atoms with Crippen LogP contribution in [0.4, 0.5) is 18.3 Å². The molecule has 0 fully saturated rings. The first kappa shape index (κ1) is 18.2. The predicted molar refractivity (Wildman–Crippen MR) is 99.4 cm³/mol. The fourth-order valence-electron chi connectivity index (χ4n) is 2.61. The van der Waals surface area contributed by atoms with E-state index in [0.717, 1.165) is 12.1 Å². The van der Waals surface area contributed by atoms with Gasteiger partial charge in [-0.25, -0.2) is 9.50 Å². The van der Waals surface area contributed by atoms with Crippen LogP contribution >= 0.6 is 11.3 Å². The number of ether oxygens (including phenoxy) is 1. The number of anilines is 1. The van der Waals surface area contributed by atoms with E-state index in [4.69, 9.17) is 0 Å². The van der Waals surface area contributed by atoms with Crippen molar-refractivity contribution < 1.29 is 17.9 Å². The lowest BCUT2D eigenvalue weighted by Gasteiger charge is -2.09. The number of benzene rings is 1. The second-order valence-electron chi connectivity index (χ2n) is 5.83. The van der Waals surface area contributed by atoms with Crippen LogP contribution in [0.15, 0.2) is 54.9 Å². The molecule has 0 aliphatic rings. The van der Waals surface area contributed by atoms with Crippen molar-refractivity contribution in [1.82, 2.24) is 19.6 Å². The van der Waals surface area contributed by atoms with Gasteiger partial charge in [-0.3, -0.25) is 4.98 Å². The summed E-state index contributed by atoms with van der Waals surface area (Å²) in [4.78, 5) is 9.34. The standard InChI is InChI=1S/C18H14F3N5OS/c19-18(20,21)27-14-6-3-4-12(10-14)15-11-26-17(24-15)28-16(25-26)23-9-7-13-5-1-2-8-22-13/h1-6,8,10-11H,7,9H2,(H,23,25). The molecule has 0 atom stereocenters. The Morgan fingerprint density at radius 3 is 2.79 bits per heavy atom.